The summed E-state index contributed by atoms with van der Waals surface area (Å²) in [5.74, 6) is -0.0516. The predicted molar refractivity (Wildman–Crippen MR) is 131 cm³/mol. The van der Waals surface area contributed by atoms with Gasteiger partial charge in [-0.25, -0.2) is 8.42 Å². The van der Waals surface area contributed by atoms with E-state index >= 15 is 0 Å². The van der Waals surface area contributed by atoms with Crippen molar-refractivity contribution in [3.63, 3.8) is 0 Å². The molecule has 0 aromatic heterocycles. The maximum absolute atomic E-state index is 13.4. The van der Waals surface area contributed by atoms with Crippen molar-refractivity contribution in [1.29, 1.82) is 0 Å². The van der Waals surface area contributed by atoms with Crippen LogP contribution >= 0.6 is 0 Å². The largest absolute Gasteiger partial charge is 0.353 e. The van der Waals surface area contributed by atoms with Gasteiger partial charge in [0.2, 0.25) is 15.9 Å². The number of nitrogens with zero attached hydrogens (tertiary/aromatic N) is 2. The Bertz CT molecular complexity index is 860. The Labute approximate surface area is 195 Å². The van der Waals surface area contributed by atoms with Crippen LogP contribution in [0.25, 0.3) is 0 Å². The number of sulfonamides is 1. The summed E-state index contributed by atoms with van der Waals surface area (Å²) >= 11 is 0. The van der Waals surface area contributed by atoms with Gasteiger partial charge in [-0.1, -0.05) is 19.9 Å². The molecule has 2 rings (SSSR count). The second-order valence-electron chi connectivity index (χ2n) is 9.35. The van der Waals surface area contributed by atoms with Gasteiger partial charge in [0.25, 0.3) is 0 Å². The van der Waals surface area contributed by atoms with Gasteiger partial charge in [0.1, 0.15) is 0 Å². The Balaban J connectivity index is 1.93. The lowest BCUT2D eigenvalue weighted by molar-refractivity contribution is -0.126. The molecule has 32 heavy (non-hydrogen) atoms. The molecule has 0 aliphatic carbocycles. The van der Waals surface area contributed by atoms with Gasteiger partial charge in [-0.2, -0.15) is 4.31 Å². The number of carbonyl (C=O) groups excluding carboxylic acids is 1. The number of nitrogens with one attached hydrogen (secondary N) is 1. The van der Waals surface area contributed by atoms with Gasteiger partial charge in [-0.15, -0.1) is 0 Å². The minimum atomic E-state index is -3.57. The molecule has 1 aliphatic heterocycles. The number of benzene rings is 1. The highest BCUT2D eigenvalue weighted by atomic mass is 32.2. The van der Waals surface area contributed by atoms with Crippen LogP contribution in [0.2, 0.25) is 0 Å². The Morgan fingerprint density at radius 2 is 1.62 bits per heavy atom. The van der Waals surface area contributed by atoms with Crippen LogP contribution in [0, 0.1) is 33.6 Å². The second-order valence-corrected chi connectivity index (χ2v) is 11.2. The van der Waals surface area contributed by atoms with Gasteiger partial charge in [-0.05, 0) is 102 Å². The molecular formula is C25H43N3O3S. The molecule has 1 amide bonds. The first-order valence-corrected chi connectivity index (χ1v) is 13.6. The van der Waals surface area contributed by atoms with E-state index in [-0.39, 0.29) is 17.9 Å². The molecule has 1 aromatic carbocycles. The third kappa shape index (κ3) is 6.33. The number of piperidine rings is 1. The smallest absolute Gasteiger partial charge is 0.243 e. The molecule has 1 aromatic rings. The van der Waals surface area contributed by atoms with Crippen LogP contribution < -0.4 is 5.32 Å². The maximum Gasteiger partial charge on any atom is 0.243 e. The van der Waals surface area contributed by atoms with E-state index in [1.54, 1.807) is 4.31 Å². The van der Waals surface area contributed by atoms with Crippen LogP contribution in [0.3, 0.4) is 0 Å². The summed E-state index contributed by atoms with van der Waals surface area (Å²) in [6.07, 6.45) is 3.16. The zero-order valence-electron chi connectivity index (χ0n) is 21.1. The second kappa shape index (κ2) is 11.6. The molecule has 0 radical (unpaired) electrons. The molecule has 1 N–H and O–H groups in total. The molecular weight excluding hydrogens is 422 g/mol. The molecule has 1 fully saturated rings. The lowest BCUT2D eigenvalue weighted by Crippen LogP contribution is -2.45. The van der Waals surface area contributed by atoms with Crippen LogP contribution in [0.15, 0.2) is 11.0 Å². The summed E-state index contributed by atoms with van der Waals surface area (Å²) in [5, 5.41) is 3.15. The summed E-state index contributed by atoms with van der Waals surface area (Å²) in [4.78, 5) is 15.6. The van der Waals surface area contributed by atoms with Crippen LogP contribution in [0.1, 0.15) is 68.7 Å². The van der Waals surface area contributed by atoms with Gasteiger partial charge in [-0.3, -0.25) is 4.79 Å². The summed E-state index contributed by atoms with van der Waals surface area (Å²) in [7, 11) is -3.57. The number of rotatable bonds is 10. The van der Waals surface area contributed by atoms with Crippen LogP contribution in [-0.4, -0.2) is 62.3 Å². The lowest BCUT2D eigenvalue weighted by atomic mass is 9.96. The minimum Gasteiger partial charge on any atom is -0.353 e. The molecule has 0 bridgehead atoms. The summed E-state index contributed by atoms with van der Waals surface area (Å²) in [5.41, 5.74) is 3.64. The van der Waals surface area contributed by atoms with Gasteiger partial charge in [0, 0.05) is 25.0 Å². The highest BCUT2D eigenvalue weighted by Crippen LogP contribution is 2.31. The Kier molecular flexibility index (Phi) is 9.73. The van der Waals surface area contributed by atoms with Crippen LogP contribution in [0.4, 0.5) is 0 Å². The molecule has 6 nitrogen and oxygen atoms in total. The number of aryl methyl sites for hydroxylation is 2. The average Bonchev–Trinajstić information content (AvgIpc) is 2.75. The Morgan fingerprint density at radius 1 is 1.09 bits per heavy atom. The quantitative estimate of drug-likeness (QED) is 0.568. The van der Waals surface area contributed by atoms with Crippen LogP contribution in [-0.2, 0) is 14.8 Å². The van der Waals surface area contributed by atoms with E-state index < -0.39 is 10.0 Å². The normalized spacial score (nSPS) is 17.0. The van der Waals surface area contributed by atoms with Crippen molar-refractivity contribution in [2.45, 2.75) is 85.1 Å². The zero-order valence-corrected chi connectivity index (χ0v) is 21.9. The van der Waals surface area contributed by atoms with E-state index in [1.165, 1.54) is 0 Å². The fourth-order valence-electron chi connectivity index (χ4n) is 4.65. The van der Waals surface area contributed by atoms with Crippen molar-refractivity contribution in [2.75, 3.05) is 32.7 Å². The van der Waals surface area contributed by atoms with Crippen molar-refractivity contribution in [3.8, 4) is 0 Å². The Morgan fingerprint density at radius 3 is 2.12 bits per heavy atom. The first-order valence-electron chi connectivity index (χ1n) is 12.1. The summed E-state index contributed by atoms with van der Waals surface area (Å²) < 4.78 is 28.4. The molecule has 182 valence electrons. The van der Waals surface area contributed by atoms with E-state index in [2.05, 4.69) is 31.0 Å². The van der Waals surface area contributed by atoms with Crippen molar-refractivity contribution in [1.82, 2.24) is 14.5 Å². The maximum atomic E-state index is 13.4. The Hall–Kier alpha value is -1.44. The number of carbonyl (C=O) groups is 1. The first kappa shape index (κ1) is 26.8. The summed E-state index contributed by atoms with van der Waals surface area (Å²) in [6, 6.07) is 2.18. The third-order valence-corrected chi connectivity index (χ3v) is 9.29. The van der Waals surface area contributed by atoms with Crippen molar-refractivity contribution >= 4 is 15.9 Å². The van der Waals surface area contributed by atoms with Gasteiger partial charge < -0.3 is 10.2 Å². The number of hydrogen-bond donors (Lipinski definition) is 1. The van der Waals surface area contributed by atoms with E-state index in [0.717, 1.165) is 54.7 Å². The van der Waals surface area contributed by atoms with E-state index in [9.17, 15) is 13.2 Å². The third-order valence-electron chi connectivity index (χ3n) is 7.11. The summed E-state index contributed by atoms with van der Waals surface area (Å²) in [6.45, 7) is 18.0. The molecule has 1 saturated heterocycles. The first-order chi connectivity index (χ1) is 15.0. The number of hydrogen-bond acceptors (Lipinski definition) is 4. The SMILES string of the molecule is CCN(CC)CCC[C@H](C)NC(=O)C1CCN(S(=O)(=O)c2c(C)c(C)cc(C)c2C)CC1. The standard InChI is InChI=1S/C25H43N3O3S/c1-8-27(9-2)14-10-11-20(5)26-25(29)23-12-15-28(16-13-23)32(30,31)24-21(6)18(3)17-19(4)22(24)7/h17,20,23H,8-16H2,1-7H3,(H,26,29)/t20-/m0/s1. The highest BCUT2D eigenvalue weighted by molar-refractivity contribution is 7.89. The molecule has 1 heterocycles. The van der Waals surface area contributed by atoms with E-state index in [0.29, 0.717) is 30.8 Å². The molecule has 0 spiro atoms. The lowest BCUT2D eigenvalue weighted by Gasteiger charge is -2.32. The number of amides is 1. The van der Waals surface area contributed by atoms with Crippen LogP contribution in [0.5, 0.6) is 0 Å². The van der Waals surface area contributed by atoms with Gasteiger partial charge in [0.05, 0.1) is 4.90 Å². The predicted octanol–water partition coefficient (Wildman–Crippen LogP) is 3.95. The average molecular weight is 466 g/mol. The van der Waals surface area contributed by atoms with Crippen molar-refractivity contribution < 1.29 is 13.2 Å². The van der Waals surface area contributed by atoms with E-state index in [1.807, 2.05) is 33.8 Å². The highest BCUT2D eigenvalue weighted by Gasteiger charge is 2.34. The zero-order chi connectivity index (χ0) is 24.1. The van der Waals surface area contributed by atoms with Crippen molar-refractivity contribution in [2.24, 2.45) is 5.92 Å². The molecule has 7 heteroatoms. The van der Waals surface area contributed by atoms with Gasteiger partial charge >= 0.3 is 0 Å². The van der Waals surface area contributed by atoms with E-state index in [4.69, 9.17) is 0 Å². The molecule has 0 unspecified atom stereocenters. The fourth-order valence-corrected chi connectivity index (χ4v) is 6.69. The molecule has 1 aliphatic rings. The molecule has 0 saturated carbocycles. The fraction of sp³-hybridized carbons (Fsp3) is 0.720. The molecule has 1 atom stereocenters. The van der Waals surface area contributed by atoms with Gasteiger partial charge in [0.15, 0.2) is 0 Å². The topological polar surface area (TPSA) is 69.7 Å². The minimum absolute atomic E-state index is 0.0659. The monoisotopic (exact) mass is 465 g/mol. The van der Waals surface area contributed by atoms with Crippen molar-refractivity contribution in [3.05, 3.63) is 28.3 Å².